The lowest BCUT2D eigenvalue weighted by Crippen LogP contribution is -2.25. The Hall–Kier alpha value is -0.603. The van der Waals surface area contributed by atoms with E-state index < -0.39 is 0 Å². The van der Waals surface area contributed by atoms with Crippen molar-refractivity contribution in [2.24, 2.45) is 0 Å². The highest BCUT2D eigenvalue weighted by molar-refractivity contribution is 6.33. The van der Waals surface area contributed by atoms with Crippen LogP contribution in [0.2, 0.25) is 0 Å². The van der Waals surface area contributed by atoms with Crippen LogP contribution in [0.1, 0.15) is 19.4 Å². The largest absolute Gasteiger partial charge is 0.300 e. The van der Waals surface area contributed by atoms with Crippen LogP contribution in [-0.2, 0) is 6.54 Å². The minimum atomic E-state index is 1.12. The summed E-state index contributed by atoms with van der Waals surface area (Å²) in [6.45, 7) is 7.85. The first kappa shape index (κ1) is 10.5. The normalized spacial score (nSPS) is 11.0. The Kier molecular flexibility index (Phi) is 4.19. The maximum absolute atomic E-state index is 2.46. The van der Waals surface area contributed by atoms with Crippen LogP contribution < -0.4 is 5.19 Å². The van der Waals surface area contributed by atoms with Crippen LogP contribution in [0.15, 0.2) is 24.3 Å². The molecule has 0 fully saturated rings. The van der Waals surface area contributed by atoms with Crippen LogP contribution in [0.25, 0.3) is 0 Å². The molecular weight excluding hydrogens is 174 g/mol. The molecule has 2 heteroatoms. The first-order valence-corrected chi connectivity index (χ1v) is 6.04. The van der Waals surface area contributed by atoms with E-state index in [1.54, 1.807) is 0 Å². The topological polar surface area (TPSA) is 3.24 Å². The van der Waals surface area contributed by atoms with E-state index >= 15 is 0 Å². The lowest BCUT2D eigenvalue weighted by atomic mass is 10.2. The Morgan fingerprint density at radius 3 is 2.31 bits per heavy atom. The molecule has 1 aromatic carbocycles. The highest BCUT2D eigenvalue weighted by Crippen LogP contribution is 2.00. The molecule has 0 heterocycles. The van der Waals surface area contributed by atoms with Crippen molar-refractivity contribution < 1.29 is 0 Å². The minimum Gasteiger partial charge on any atom is -0.300 e. The van der Waals surface area contributed by atoms with Gasteiger partial charge in [0, 0.05) is 16.8 Å². The van der Waals surface area contributed by atoms with Gasteiger partial charge in [0.05, 0.1) is 0 Å². The zero-order valence-electron chi connectivity index (χ0n) is 8.88. The van der Waals surface area contributed by atoms with Crippen molar-refractivity contribution >= 4 is 15.4 Å². The van der Waals surface area contributed by atoms with Crippen molar-refractivity contribution in [2.75, 3.05) is 13.1 Å². The van der Waals surface area contributed by atoms with Gasteiger partial charge in [-0.2, -0.15) is 0 Å². The third-order valence-corrected chi connectivity index (χ3v) is 3.53. The molecule has 0 aliphatic rings. The minimum absolute atomic E-state index is 1.12. The van der Waals surface area contributed by atoms with Gasteiger partial charge in [0.1, 0.15) is 0 Å². The Morgan fingerprint density at radius 2 is 1.77 bits per heavy atom. The number of benzene rings is 1. The van der Waals surface area contributed by atoms with Crippen LogP contribution in [0, 0.1) is 0 Å². The molecule has 0 aromatic heterocycles. The summed E-state index contributed by atoms with van der Waals surface area (Å²) in [7, 11) is 1.16. The van der Waals surface area contributed by atoms with Gasteiger partial charge in [-0.05, 0) is 18.7 Å². The maximum atomic E-state index is 2.46. The highest BCUT2D eigenvalue weighted by Gasteiger charge is 2.01. The molecule has 0 radical (unpaired) electrons. The first-order chi connectivity index (χ1) is 6.27. The number of hydrogen-bond donors (Lipinski definition) is 0. The predicted molar refractivity (Wildman–Crippen MR) is 62.6 cm³/mol. The standard InChI is InChI=1S/C11H19NSi/c1-3-12(4-2)9-10-7-5-6-8-11(10)13/h5-8H,3-4,9H2,1-2,13H3. The summed E-state index contributed by atoms with van der Waals surface area (Å²) in [5.41, 5.74) is 1.51. The second kappa shape index (κ2) is 5.20. The smallest absolute Gasteiger partial charge is 0.0389 e. The van der Waals surface area contributed by atoms with Crippen molar-refractivity contribution in [1.82, 2.24) is 4.90 Å². The number of hydrogen-bond acceptors (Lipinski definition) is 1. The molecule has 1 nitrogen and oxygen atoms in total. The molecular formula is C11H19NSi. The maximum Gasteiger partial charge on any atom is 0.0389 e. The van der Waals surface area contributed by atoms with Gasteiger partial charge in [-0.15, -0.1) is 0 Å². The molecule has 0 amide bonds. The van der Waals surface area contributed by atoms with E-state index in [1.807, 2.05) is 0 Å². The van der Waals surface area contributed by atoms with Crippen molar-refractivity contribution in [3.8, 4) is 0 Å². The SMILES string of the molecule is CCN(CC)Cc1ccccc1[SiH3]. The van der Waals surface area contributed by atoms with Crippen LogP contribution in [0.5, 0.6) is 0 Å². The summed E-state index contributed by atoms with van der Waals surface area (Å²) >= 11 is 0. The van der Waals surface area contributed by atoms with E-state index in [9.17, 15) is 0 Å². The molecule has 0 saturated heterocycles. The summed E-state index contributed by atoms with van der Waals surface area (Å²) in [5.74, 6) is 0. The number of rotatable bonds is 4. The van der Waals surface area contributed by atoms with Crippen LogP contribution in [0.3, 0.4) is 0 Å². The summed E-state index contributed by atoms with van der Waals surface area (Å²) < 4.78 is 0. The van der Waals surface area contributed by atoms with Gasteiger partial charge in [0.25, 0.3) is 0 Å². The highest BCUT2D eigenvalue weighted by atomic mass is 28.1. The Morgan fingerprint density at radius 1 is 1.15 bits per heavy atom. The van der Waals surface area contributed by atoms with E-state index in [2.05, 4.69) is 43.0 Å². The fourth-order valence-electron chi connectivity index (χ4n) is 1.48. The number of nitrogens with zero attached hydrogens (tertiary/aromatic N) is 1. The zero-order chi connectivity index (χ0) is 9.68. The van der Waals surface area contributed by atoms with Crippen molar-refractivity contribution in [2.45, 2.75) is 20.4 Å². The molecule has 0 atom stereocenters. The van der Waals surface area contributed by atoms with Crippen LogP contribution >= 0.6 is 0 Å². The molecule has 0 aliphatic heterocycles. The average Bonchev–Trinajstić information content (AvgIpc) is 2.17. The van der Waals surface area contributed by atoms with E-state index in [0.717, 1.165) is 29.9 Å². The Bertz CT molecular complexity index is 256. The van der Waals surface area contributed by atoms with Crippen LogP contribution in [-0.4, -0.2) is 28.2 Å². The van der Waals surface area contributed by atoms with Gasteiger partial charge < -0.3 is 0 Å². The molecule has 72 valence electrons. The fraction of sp³-hybridized carbons (Fsp3) is 0.455. The lowest BCUT2D eigenvalue weighted by Gasteiger charge is -2.19. The molecule has 0 unspecified atom stereocenters. The van der Waals surface area contributed by atoms with Crippen molar-refractivity contribution in [1.29, 1.82) is 0 Å². The molecule has 0 spiro atoms. The second-order valence-electron chi connectivity index (χ2n) is 3.39. The Balaban J connectivity index is 2.67. The monoisotopic (exact) mass is 193 g/mol. The lowest BCUT2D eigenvalue weighted by molar-refractivity contribution is 0.296. The van der Waals surface area contributed by atoms with E-state index in [1.165, 1.54) is 10.8 Å². The van der Waals surface area contributed by atoms with Crippen LogP contribution in [0.4, 0.5) is 0 Å². The quantitative estimate of drug-likeness (QED) is 0.630. The first-order valence-electron chi connectivity index (χ1n) is 5.04. The van der Waals surface area contributed by atoms with Gasteiger partial charge in [-0.25, -0.2) is 0 Å². The van der Waals surface area contributed by atoms with Crippen molar-refractivity contribution in [3.63, 3.8) is 0 Å². The molecule has 13 heavy (non-hydrogen) atoms. The molecule has 1 rings (SSSR count). The molecule has 0 N–H and O–H groups in total. The van der Waals surface area contributed by atoms with E-state index in [-0.39, 0.29) is 0 Å². The average molecular weight is 193 g/mol. The third kappa shape index (κ3) is 2.97. The molecule has 1 aromatic rings. The van der Waals surface area contributed by atoms with E-state index in [4.69, 9.17) is 0 Å². The zero-order valence-corrected chi connectivity index (χ0v) is 10.9. The van der Waals surface area contributed by atoms with Crippen molar-refractivity contribution in [3.05, 3.63) is 29.8 Å². The summed E-state index contributed by atoms with van der Waals surface area (Å²) in [6, 6.07) is 8.76. The summed E-state index contributed by atoms with van der Waals surface area (Å²) in [6.07, 6.45) is 0. The second-order valence-corrected chi connectivity index (χ2v) is 4.47. The van der Waals surface area contributed by atoms with Gasteiger partial charge in [0.2, 0.25) is 0 Å². The van der Waals surface area contributed by atoms with Gasteiger partial charge in [0.15, 0.2) is 0 Å². The van der Waals surface area contributed by atoms with E-state index in [0.29, 0.717) is 0 Å². The summed E-state index contributed by atoms with van der Waals surface area (Å²) in [5, 5.41) is 1.54. The van der Waals surface area contributed by atoms with Gasteiger partial charge >= 0.3 is 0 Å². The molecule has 0 saturated carbocycles. The molecule has 0 aliphatic carbocycles. The fourth-order valence-corrected chi connectivity index (χ4v) is 1.99. The Labute approximate surface area is 84.2 Å². The molecule has 0 bridgehead atoms. The summed E-state index contributed by atoms with van der Waals surface area (Å²) in [4.78, 5) is 2.46. The van der Waals surface area contributed by atoms with Gasteiger partial charge in [-0.3, -0.25) is 4.90 Å². The predicted octanol–water partition coefficient (Wildman–Crippen LogP) is 0.519. The van der Waals surface area contributed by atoms with Gasteiger partial charge in [-0.1, -0.05) is 43.3 Å². The third-order valence-electron chi connectivity index (χ3n) is 2.55.